The molecule has 0 spiro atoms. The average molecular weight is 405 g/mol. The van der Waals surface area contributed by atoms with Crippen molar-refractivity contribution in [3.63, 3.8) is 0 Å². The Bertz CT molecular complexity index is 983. The molecule has 3 nitrogen and oxygen atoms in total. The van der Waals surface area contributed by atoms with E-state index in [2.05, 4.69) is 32.3 Å². The molecule has 128 valence electrons. The zero-order valence-electron chi connectivity index (χ0n) is 13.2. The molecule has 25 heavy (non-hydrogen) atoms. The van der Waals surface area contributed by atoms with E-state index in [9.17, 15) is 13.6 Å². The molecular formula is C19H15BrF2N2O. The number of H-pyrrole nitrogens is 1. The first-order chi connectivity index (χ1) is 12.0. The van der Waals surface area contributed by atoms with Gasteiger partial charge in [0.2, 0.25) is 0 Å². The van der Waals surface area contributed by atoms with E-state index in [1.807, 2.05) is 12.1 Å². The van der Waals surface area contributed by atoms with E-state index in [4.69, 9.17) is 0 Å². The van der Waals surface area contributed by atoms with Crippen molar-refractivity contribution in [2.75, 3.05) is 0 Å². The molecule has 0 aliphatic heterocycles. The number of aromatic nitrogens is 1. The summed E-state index contributed by atoms with van der Waals surface area (Å²) < 4.78 is 27.9. The summed E-state index contributed by atoms with van der Waals surface area (Å²) in [5.74, 6) is -2.08. The lowest BCUT2D eigenvalue weighted by Crippen LogP contribution is -2.31. The standard InChI is InChI=1S/C19H15BrF2N2O/c20-10-4-7-16-14(8-10)12-2-1-3-17(18(12)23-16)24-19(25)13-6-5-11(21)9-15(13)22/h4-9,17,23H,1-3H2,(H,24,25). The van der Waals surface area contributed by atoms with Crippen LogP contribution in [0.5, 0.6) is 0 Å². The third-order valence-electron chi connectivity index (χ3n) is 4.65. The fourth-order valence-corrected chi connectivity index (χ4v) is 3.85. The summed E-state index contributed by atoms with van der Waals surface area (Å²) in [7, 11) is 0. The fourth-order valence-electron chi connectivity index (χ4n) is 3.49. The van der Waals surface area contributed by atoms with Crippen LogP contribution in [0.2, 0.25) is 0 Å². The lowest BCUT2D eigenvalue weighted by atomic mass is 9.91. The molecule has 1 heterocycles. The molecule has 0 radical (unpaired) electrons. The van der Waals surface area contributed by atoms with Crippen molar-refractivity contribution in [3.8, 4) is 0 Å². The fraction of sp³-hybridized carbons (Fsp3) is 0.211. The minimum Gasteiger partial charge on any atom is -0.356 e. The van der Waals surface area contributed by atoms with Gasteiger partial charge < -0.3 is 10.3 Å². The number of nitrogens with one attached hydrogen (secondary N) is 2. The van der Waals surface area contributed by atoms with Crippen molar-refractivity contribution in [2.24, 2.45) is 0 Å². The maximum atomic E-state index is 13.8. The van der Waals surface area contributed by atoms with Crippen LogP contribution in [-0.4, -0.2) is 10.9 Å². The first kappa shape index (κ1) is 16.3. The molecule has 2 aromatic carbocycles. The molecule has 1 amide bonds. The van der Waals surface area contributed by atoms with Crippen LogP contribution in [0.15, 0.2) is 40.9 Å². The Morgan fingerprint density at radius 2 is 2.04 bits per heavy atom. The van der Waals surface area contributed by atoms with Gasteiger partial charge >= 0.3 is 0 Å². The average Bonchev–Trinajstić information content (AvgIpc) is 2.94. The Balaban J connectivity index is 1.67. The number of halogens is 3. The van der Waals surface area contributed by atoms with Crippen LogP contribution in [0.25, 0.3) is 10.9 Å². The molecule has 1 aromatic heterocycles. The zero-order chi connectivity index (χ0) is 17.6. The van der Waals surface area contributed by atoms with Gasteiger partial charge in [-0.1, -0.05) is 15.9 Å². The lowest BCUT2D eigenvalue weighted by molar-refractivity contribution is 0.0927. The molecule has 6 heteroatoms. The minimum absolute atomic E-state index is 0.146. The number of carbonyl (C=O) groups is 1. The predicted molar refractivity (Wildman–Crippen MR) is 95.5 cm³/mol. The van der Waals surface area contributed by atoms with Gasteiger partial charge in [0.25, 0.3) is 5.91 Å². The number of rotatable bonds is 2. The van der Waals surface area contributed by atoms with Gasteiger partial charge in [0.15, 0.2) is 0 Å². The maximum absolute atomic E-state index is 13.8. The first-order valence-corrected chi connectivity index (χ1v) is 8.88. The Labute approximate surface area is 151 Å². The smallest absolute Gasteiger partial charge is 0.254 e. The topological polar surface area (TPSA) is 44.9 Å². The van der Waals surface area contributed by atoms with E-state index in [1.54, 1.807) is 0 Å². The third-order valence-corrected chi connectivity index (χ3v) is 5.14. The highest BCUT2D eigenvalue weighted by Crippen LogP contribution is 2.36. The first-order valence-electron chi connectivity index (χ1n) is 8.09. The van der Waals surface area contributed by atoms with Crippen LogP contribution in [0.4, 0.5) is 8.78 Å². The summed E-state index contributed by atoms with van der Waals surface area (Å²) in [4.78, 5) is 15.8. The quantitative estimate of drug-likeness (QED) is 0.618. The van der Waals surface area contributed by atoms with Crippen molar-refractivity contribution < 1.29 is 13.6 Å². The van der Waals surface area contributed by atoms with Crippen LogP contribution >= 0.6 is 15.9 Å². The van der Waals surface area contributed by atoms with Crippen molar-refractivity contribution in [1.82, 2.24) is 10.3 Å². The minimum atomic E-state index is -0.853. The number of aromatic amines is 1. The molecule has 0 fully saturated rings. The Morgan fingerprint density at radius 1 is 1.20 bits per heavy atom. The molecule has 1 unspecified atom stereocenters. The second-order valence-electron chi connectivity index (χ2n) is 6.25. The molecule has 1 aliphatic rings. The lowest BCUT2D eigenvalue weighted by Gasteiger charge is -2.24. The van der Waals surface area contributed by atoms with Gasteiger partial charge in [-0.25, -0.2) is 8.78 Å². The summed E-state index contributed by atoms with van der Waals surface area (Å²) in [6.45, 7) is 0. The van der Waals surface area contributed by atoms with Crippen LogP contribution in [0.1, 0.15) is 40.5 Å². The highest BCUT2D eigenvalue weighted by atomic mass is 79.9. The molecule has 0 saturated heterocycles. The second-order valence-corrected chi connectivity index (χ2v) is 7.17. The SMILES string of the molecule is O=C(NC1CCCc2c1[nH]c1ccc(Br)cc21)c1ccc(F)cc1F. The van der Waals surface area contributed by atoms with E-state index in [0.717, 1.165) is 52.5 Å². The van der Waals surface area contributed by atoms with Gasteiger partial charge in [0.1, 0.15) is 11.6 Å². The highest BCUT2D eigenvalue weighted by molar-refractivity contribution is 9.10. The molecule has 2 N–H and O–H groups in total. The number of amides is 1. The zero-order valence-corrected chi connectivity index (χ0v) is 14.8. The number of benzene rings is 2. The Kier molecular flexibility index (Phi) is 4.07. The van der Waals surface area contributed by atoms with E-state index >= 15 is 0 Å². The normalized spacial score (nSPS) is 16.7. The second kappa shape index (κ2) is 6.26. The molecule has 1 atom stereocenters. The van der Waals surface area contributed by atoms with Crippen molar-refractivity contribution in [3.05, 3.63) is 69.3 Å². The Hall–Kier alpha value is -2.21. The van der Waals surface area contributed by atoms with Crippen molar-refractivity contribution in [1.29, 1.82) is 0 Å². The highest BCUT2D eigenvalue weighted by Gasteiger charge is 2.26. The van der Waals surface area contributed by atoms with Gasteiger partial charge in [-0.05, 0) is 55.2 Å². The molecule has 3 aromatic rings. The van der Waals surface area contributed by atoms with Gasteiger partial charge in [0, 0.05) is 27.1 Å². The summed E-state index contributed by atoms with van der Waals surface area (Å²) in [5, 5.41) is 4.02. The van der Waals surface area contributed by atoms with E-state index < -0.39 is 17.5 Å². The maximum Gasteiger partial charge on any atom is 0.254 e. The molecule has 4 rings (SSSR count). The van der Waals surface area contributed by atoms with Gasteiger partial charge in [-0.3, -0.25) is 4.79 Å². The number of hydrogen-bond donors (Lipinski definition) is 2. The van der Waals surface area contributed by atoms with Crippen molar-refractivity contribution in [2.45, 2.75) is 25.3 Å². The summed E-state index contributed by atoms with van der Waals surface area (Å²) in [6, 6.07) is 8.79. The van der Waals surface area contributed by atoms with Gasteiger partial charge in [0.05, 0.1) is 11.6 Å². The third kappa shape index (κ3) is 2.95. The van der Waals surface area contributed by atoms with Crippen LogP contribution in [0.3, 0.4) is 0 Å². The van der Waals surface area contributed by atoms with E-state index in [0.29, 0.717) is 0 Å². The Morgan fingerprint density at radius 3 is 2.84 bits per heavy atom. The number of aryl methyl sites for hydroxylation is 1. The van der Waals surface area contributed by atoms with Gasteiger partial charge in [-0.2, -0.15) is 0 Å². The molecule has 0 saturated carbocycles. The predicted octanol–water partition coefficient (Wildman–Crippen LogP) is 5.02. The van der Waals surface area contributed by atoms with E-state index in [1.165, 1.54) is 11.6 Å². The van der Waals surface area contributed by atoms with Crippen LogP contribution in [-0.2, 0) is 6.42 Å². The number of carbonyl (C=O) groups excluding carboxylic acids is 1. The molecule has 0 bridgehead atoms. The van der Waals surface area contributed by atoms with Crippen LogP contribution in [0, 0.1) is 11.6 Å². The number of hydrogen-bond acceptors (Lipinski definition) is 1. The van der Waals surface area contributed by atoms with Gasteiger partial charge in [-0.15, -0.1) is 0 Å². The molecular weight excluding hydrogens is 390 g/mol. The van der Waals surface area contributed by atoms with Crippen molar-refractivity contribution >= 4 is 32.7 Å². The summed E-state index contributed by atoms with van der Waals surface area (Å²) in [5.41, 5.74) is 3.03. The monoisotopic (exact) mass is 404 g/mol. The summed E-state index contributed by atoms with van der Waals surface area (Å²) in [6.07, 6.45) is 2.64. The van der Waals surface area contributed by atoms with E-state index in [-0.39, 0.29) is 11.6 Å². The van der Waals surface area contributed by atoms with Crippen LogP contribution < -0.4 is 5.32 Å². The summed E-state index contributed by atoms with van der Waals surface area (Å²) >= 11 is 3.49. The molecule has 1 aliphatic carbocycles. The number of fused-ring (bicyclic) bond motifs is 3. The largest absolute Gasteiger partial charge is 0.356 e.